The van der Waals surface area contributed by atoms with Crippen LogP contribution >= 0.6 is 0 Å². The van der Waals surface area contributed by atoms with Crippen LogP contribution in [0.2, 0.25) is 0 Å². The lowest BCUT2D eigenvalue weighted by atomic mass is 9.84. The fourth-order valence-corrected chi connectivity index (χ4v) is 8.76. The van der Waals surface area contributed by atoms with E-state index < -0.39 is 66.3 Å². The number of hydrogen-bond donors (Lipinski definition) is 0. The number of hydrogen-bond acceptors (Lipinski definition) is 13. The summed E-state index contributed by atoms with van der Waals surface area (Å²) in [6.07, 6.45) is -0.303. The number of esters is 2. The summed E-state index contributed by atoms with van der Waals surface area (Å²) in [4.78, 5) is 96.5. The minimum absolute atomic E-state index is 0.0949. The van der Waals surface area contributed by atoms with Crippen LogP contribution in [0.15, 0.2) is 30.3 Å². The van der Waals surface area contributed by atoms with Crippen molar-refractivity contribution < 1.29 is 62.0 Å². The standard InChI is InChI=1S/C43H51N3O13/c1-22-8-12-31(45(22)38(49)36-23(2)46(36)42(53)55-7)40(51)58-34-13-10-25-16-30-28-11-9-26(15-27(28)20-56-35(30)17-29(25)37(34)48)33(47)21-57-39(50)32-14-24(19-54-6)18-44(32)41(52)59-43(3,4)5/h9,11,15-17,22-24,31-32,34,36H,8,10,12-14,18-21H2,1-7H3/t22-,23?,24-,31-,32-,34?,36+,46?/m0/s1. The topological polar surface area (TPSA) is 184 Å². The molecule has 7 atom stereocenters. The Bertz CT molecular complexity index is 2080. The van der Waals surface area contributed by atoms with E-state index in [1.54, 1.807) is 59.1 Å². The normalized spacial score (nSPS) is 25.6. The Hall–Kier alpha value is -5.51. The molecule has 16 heteroatoms. The summed E-state index contributed by atoms with van der Waals surface area (Å²) in [5, 5.41) is 0. The van der Waals surface area contributed by atoms with Gasteiger partial charge in [0.25, 0.3) is 0 Å². The average molecular weight is 818 g/mol. The number of amides is 3. The first-order valence-electron chi connectivity index (χ1n) is 20.1. The van der Waals surface area contributed by atoms with Crippen LogP contribution in [0.25, 0.3) is 11.1 Å². The van der Waals surface area contributed by atoms with E-state index >= 15 is 0 Å². The highest BCUT2D eigenvalue weighted by Gasteiger charge is 2.57. The van der Waals surface area contributed by atoms with Gasteiger partial charge in [-0.25, -0.2) is 19.2 Å². The highest BCUT2D eigenvalue weighted by Crippen LogP contribution is 2.42. The van der Waals surface area contributed by atoms with Crippen LogP contribution in [0.4, 0.5) is 9.59 Å². The number of likely N-dealkylation sites (tertiary alicyclic amines) is 2. The van der Waals surface area contributed by atoms with Crippen molar-refractivity contribution >= 4 is 41.6 Å². The van der Waals surface area contributed by atoms with Gasteiger partial charge in [0.15, 0.2) is 18.5 Å². The zero-order valence-electron chi connectivity index (χ0n) is 34.4. The van der Waals surface area contributed by atoms with Gasteiger partial charge in [-0.15, -0.1) is 0 Å². The second kappa shape index (κ2) is 16.3. The number of rotatable bonds is 9. The quantitative estimate of drug-likeness (QED) is 0.149. The second-order valence-electron chi connectivity index (χ2n) is 17.0. The molecule has 0 bridgehead atoms. The van der Waals surface area contributed by atoms with Gasteiger partial charge in [0.1, 0.15) is 36.1 Å². The number of carbonyl (C=O) groups excluding carboxylic acids is 7. The number of carbonyl (C=O) groups is 7. The van der Waals surface area contributed by atoms with E-state index in [-0.39, 0.29) is 49.3 Å². The minimum Gasteiger partial charge on any atom is -0.488 e. The maximum atomic E-state index is 13.8. The first-order chi connectivity index (χ1) is 28.0. The van der Waals surface area contributed by atoms with Crippen LogP contribution in [0.1, 0.15) is 92.1 Å². The molecular formula is C43H51N3O13. The van der Waals surface area contributed by atoms with E-state index in [1.807, 2.05) is 13.0 Å². The number of benzene rings is 2. The van der Waals surface area contributed by atoms with Gasteiger partial charge in [-0.05, 0) is 102 Å². The van der Waals surface area contributed by atoms with Crippen molar-refractivity contribution in [2.24, 2.45) is 5.92 Å². The third kappa shape index (κ3) is 8.23. The number of fused-ring (bicyclic) bond motifs is 4. The molecule has 3 saturated heterocycles. The summed E-state index contributed by atoms with van der Waals surface area (Å²) < 4.78 is 32.9. The molecule has 4 aliphatic heterocycles. The van der Waals surface area contributed by atoms with E-state index in [0.29, 0.717) is 49.2 Å². The van der Waals surface area contributed by atoms with Gasteiger partial charge in [-0.3, -0.25) is 24.2 Å². The highest BCUT2D eigenvalue weighted by atomic mass is 16.6. The van der Waals surface area contributed by atoms with Gasteiger partial charge in [-0.2, -0.15) is 0 Å². The molecule has 0 spiro atoms. The first-order valence-corrected chi connectivity index (χ1v) is 20.1. The monoisotopic (exact) mass is 817 g/mol. The third-order valence-electron chi connectivity index (χ3n) is 11.8. The molecule has 0 aromatic heterocycles. The number of ketones is 2. The fraction of sp³-hybridized carbons (Fsp3) is 0.558. The number of methoxy groups -OCH3 is 2. The lowest BCUT2D eigenvalue weighted by molar-refractivity contribution is -0.157. The summed E-state index contributed by atoms with van der Waals surface area (Å²) >= 11 is 0. The number of ether oxygens (including phenoxy) is 6. The molecule has 3 amide bonds. The van der Waals surface area contributed by atoms with Crippen LogP contribution < -0.4 is 4.74 Å². The molecule has 0 radical (unpaired) electrons. The van der Waals surface area contributed by atoms with Gasteiger partial charge in [0, 0.05) is 42.3 Å². The van der Waals surface area contributed by atoms with Crippen LogP contribution in [-0.2, 0) is 51.1 Å². The third-order valence-corrected chi connectivity index (χ3v) is 11.8. The zero-order valence-corrected chi connectivity index (χ0v) is 34.4. The van der Waals surface area contributed by atoms with Gasteiger partial charge >= 0.3 is 24.1 Å². The van der Waals surface area contributed by atoms with E-state index in [0.717, 1.165) is 22.3 Å². The molecule has 0 N–H and O–H groups in total. The first kappa shape index (κ1) is 41.6. The minimum atomic E-state index is -1.04. The molecule has 2 aromatic carbocycles. The Kier molecular flexibility index (Phi) is 11.5. The van der Waals surface area contributed by atoms with Crippen LogP contribution in [0.5, 0.6) is 5.75 Å². The van der Waals surface area contributed by atoms with Crippen LogP contribution in [-0.4, -0.2) is 132 Å². The van der Waals surface area contributed by atoms with Crippen molar-refractivity contribution in [3.63, 3.8) is 0 Å². The Morgan fingerprint density at radius 2 is 1.61 bits per heavy atom. The van der Waals surface area contributed by atoms with Crippen LogP contribution in [0.3, 0.4) is 0 Å². The molecule has 59 heavy (non-hydrogen) atoms. The highest BCUT2D eigenvalue weighted by molar-refractivity contribution is 6.05. The molecule has 5 aliphatic rings. The molecule has 3 fully saturated rings. The molecule has 316 valence electrons. The van der Waals surface area contributed by atoms with Crippen molar-refractivity contribution in [3.05, 3.63) is 52.6 Å². The van der Waals surface area contributed by atoms with Crippen LogP contribution in [0, 0.1) is 5.92 Å². The van der Waals surface area contributed by atoms with Gasteiger partial charge in [-0.1, -0.05) is 12.1 Å². The summed E-state index contributed by atoms with van der Waals surface area (Å²) in [5.41, 5.74) is 3.02. The molecule has 0 saturated carbocycles. The van der Waals surface area contributed by atoms with Gasteiger partial charge in [0.2, 0.25) is 11.7 Å². The lowest BCUT2D eigenvalue weighted by Crippen LogP contribution is -2.49. The van der Waals surface area contributed by atoms with Crippen molar-refractivity contribution in [3.8, 4) is 16.9 Å². The molecule has 4 heterocycles. The molecule has 1 aliphatic carbocycles. The Morgan fingerprint density at radius 3 is 2.32 bits per heavy atom. The number of aryl methyl sites for hydroxylation is 1. The zero-order chi connectivity index (χ0) is 42.5. The van der Waals surface area contributed by atoms with Gasteiger partial charge < -0.3 is 33.3 Å². The Labute approximate surface area is 342 Å². The number of Topliss-reactive ketones (excluding diaryl/α,β-unsaturated/α-hetero) is 2. The fourth-order valence-electron chi connectivity index (χ4n) is 8.76. The van der Waals surface area contributed by atoms with Gasteiger partial charge in [0.05, 0.1) is 19.8 Å². The Balaban J connectivity index is 0.986. The van der Waals surface area contributed by atoms with E-state index in [4.69, 9.17) is 28.4 Å². The maximum Gasteiger partial charge on any atom is 0.411 e. The molecule has 2 unspecified atom stereocenters. The summed E-state index contributed by atoms with van der Waals surface area (Å²) in [6.45, 7) is 9.01. The lowest BCUT2D eigenvalue weighted by Gasteiger charge is -2.30. The molecule has 16 nitrogen and oxygen atoms in total. The number of nitrogens with zero attached hydrogens (tertiary/aromatic N) is 3. The predicted octanol–water partition coefficient (Wildman–Crippen LogP) is 4.50. The van der Waals surface area contributed by atoms with E-state index in [9.17, 15) is 33.6 Å². The smallest absolute Gasteiger partial charge is 0.411 e. The van der Waals surface area contributed by atoms with E-state index in [2.05, 4.69) is 0 Å². The van der Waals surface area contributed by atoms with Crippen molar-refractivity contribution in [1.29, 1.82) is 0 Å². The van der Waals surface area contributed by atoms with Crippen molar-refractivity contribution in [2.75, 3.05) is 34.0 Å². The maximum absolute atomic E-state index is 13.8. The van der Waals surface area contributed by atoms with Crippen molar-refractivity contribution in [2.45, 2.75) is 115 Å². The SMILES string of the molecule is COC[C@H]1C[C@@H](C(=O)OCC(=O)c2ccc3c(c2)COc2cc4c(cc2-3)CCC(OC(=O)[C@@H]2CC[C@H](C)N2C(=O)[C@H]2C(C)N2C(=O)OC)C4=O)N(C(=O)OC(C)(C)C)C1. The average Bonchev–Trinajstić information content (AvgIpc) is 3.47. The molecule has 7 rings (SSSR count). The molecule has 2 aromatic rings. The summed E-state index contributed by atoms with van der Waals surface area (Å²) in [5.74, 6) is -2.10. The summed E-state index contributed by atoms with van der Waals surface area (Å²) in [7, 11) is 2.80. The van der Waals surface area contributed by atoms with Crippen molar-refractivity contribution in [1.82, 2.24) is 14.7 Å². The molecular weight excluding hydrogens is 766 g/mol. The van der Waals surface area contributed by atoms with E-state index in [1.165, 1.54) is 21.8 Å². The summed E-state index contributed by atoms with van der Waals surface area (Å²) in [6, 6.07) is 5.59. The largest absolute Gasteiger partial charge is 0.488 e. The predicted molar refractivity (Wildman–Crippen MR) is 208 cm³/mol. The second-order valence-corrected chi connectivity index (χ2v) is 17.0. The Morgan fingerprint density at radius 1 is 0.847 bits per heavy atom.